The number of fused-ring (bicyclic) bond motifs is 6. The van der Waals surface area contributed by atoms with Gasteiger partial charge in [0.15, 0.2) is 0 Å². The first kappa shape index (κ1) is 32.7. The lowest BCUT2D eigenvalue weighted by atomic mass is 9.97. The molecule has 4 heterocycles. The Bertz CT molecular complexity index is 2450. The van der Waals surface area contributed by atoms with Crippen LogP contribution in [0.4, 0.5) is 13.6 Å². The second kappa shape index (κ2) is 12.3. The van der Waals surface area contributed by atoms with E-state index in [1.54, 1.807) is 54.7 Å². The molecule has 5 N–H and O–H groups in total. The van der Waals surface area contributed by atoms with E-state index >= 15 is 8.78 Å². The Hall–Kier alpha value is -5.88. The lowest BCUT2D eigenvalue weighted by Gasteiger charge is -2.36. The minimum absolute atomic E-state index is 0.0153. The number of imidazole rings is 2. The van der Waals surface area contributed by atoms with Crippen LogP contribution in [0.3, 0.4) is 0 Å². The van der Waals surface area contributed by atoms with Gasteiger partial charge in [-0.2, -0.15) is 8.78 Å². The number of carbonyl (C=O) groups excluding carboxylic acids is 2. The van der Waals surface area contributed by atoms with E-state index in [0.29, 0.717) is 44.9 Å². The third-order valence-electron chi connectivity index (χ3n) is 11.8. The topological polar surface area (TPSA) is 142 Å². The third kappa shape index (κ3) is 5.22. The molecule has 5 atom stereocenters. The first-order valence-corrected chi connectivity index (χ1v) is 18.5. The number of nitrogens with two attached hydrogens (primary N) is 1. The van der Waals surface area contributed by atoms with Crippen LogP contribution in [0.25, 0.3) is 44.5 Å². The van der Waals surface area contributed by atoms with Gasteiger partial charge in [0, 0.05) is 28.3 Å². The summed E-state index contributed by atoms with van der Waals surface area (Å²) in [5.41, 5.74) is 11.2. The number of amides is 2. The zero-order valence-corrected chi connectivity index (χ0v) is 29.2. The molecule has 2 aromatic heterocycles. The third-order valence-corrected chi connectivity index (χ3v) is 11.8. The van der Waals surface area contributed by atoms with E-state index < -0.39 is 18.1 Å². The van der Waals surface area contributed by atoms with Gasteiger partial charge in [0.1, 0.15) is 11.6 Å². The Morgan fingerprint density at radius 2 is 1.61 bits per heavy atom. The van der Waals surface area contributed by atoms with E-state index in [9.17, 15) is 9.59 Å². The molecule has 1 saturated carbocycles. The van der Waals surface area contributed by atoms with Crippen LogP contribution in [0.15, 0.2) is 91.1 Å². The molecule has 2 saturated heterocycles. The highest BCUT2D eigenvalue weighted by Crippen LogP contribution is 2.53. The number of primary amides is 1. The predicted molar refractivity (Wildman–Crippen MR) is 198 cm³/mol. The molecule has 54 heavy (non-hydrogen) atoms. The number of nitrogens with zero attached hydrogens (tertiary/aromatic N) is 3. The molecule has 2 bridgehead atoms. The molecule has 0 spiro atoms. The largest absolute Gasteiger partial charge is 0.431 e. The molecule has 4 aromatic carbocycles. The van der Waals surface area contributed by atoms with E-state index in [1.807, 2.05) is 41.3 Å². The van der Waals surface area contributed by atoms with Gasteiger partial charge in [0.05, 0.1) is 35.0 Å². The highest BCUT2D eigenvalue weighted by Gasteiger charge is 2.52. The number of rotatable bonds is 7. The molecule has 3 fully saturated rings. The first-order valence-electron chi connectivity index (χ1n) is 18.5. The van der Waals surface area contributed by atoms with Crippen molar-refractivity contribution in [1.29, 1.82) is 0 Å². The summed E-state index contributed by atoms with van der Waals surface area (Å²) in [6.07, 6.45) is 4.23. The normalized spacial score (nSPS) is 22.7. The molecule has 0 radical (unpaired) electrons. The number of nitrogens with one attached hydrogen (secondary N) is 3. The number of ether oxygens (including phenoxy) is 1. The maximum absolute atomic E-state index is 16.3. The van der Waals surface area contributed by atoms with Crippen LogP contribution in [0.1, 0.15) is 78.6 Å². The van der Waals surface area contributed by atoms with Crippen molar-refractivity contribution in [1.82, 2.24) is 30.2 Å². The Labute approximate surface area is 309 Å². The summed E-state index contributed by atoms with van der Waals surface area (Å²) >= 11 is 0. The van der Waals surface area contributed by atoms with Crippen molar-refractivity contribution < 1.29 is 23.1 Å². The molecule has 10 nitrogen and oxygen atoms in total. The monoisotopic (exact) mass is 725 g/mol. The number of benzene rings is 4. The van der Waals surface area contributed by atoms with E-state index in [1.165, 1.54) is 0 Å². The fraction of sp³-hybridized carbons (Fsp3) is 0.286. The van der Waals surface area contributed by atoms with E-state index in [2.05, 4.69) is 20.3 Å². The zero-order valence-electron chi connectivity index (χ0n) is 29.2. The smallest absolute Gasteiger partial charge is 0.405 e. The number of hydrogen-bond donors (Lipinski definition) is 4. The van der Waals surface area contributed by atoms with E-state index in [0.717, 1.165) is 55.6 Å². The number of H-pyrrole nitrogens is 2. The van der Waals surface area contributed by atoms with Crippen LogP contribution < -0.4 is 11.1 Å². The summed E-state index contributed by atoms with van der Waals surface area (Å²) in [6, 6.07) is 24.8. The molecule has 12 heteroatoms. The molecule has 0 unspecified atom stereocenters. The highest BCUT2D eigenvalue weighted by atomic mass is 19.3. The Balaban J connectivity index is 0.943. The Morgan fingerprint density at radius 1 is 0.870 bits per heavy atom. The second-order valence-corrected chi connectivity index (χ2v) is 14.9. The van der Waals surface area contributed by atoms with Crippen molar-refractivity contribution in [2.45, 2.75) is 62.3 Å². The molecule has 2 amide bonds. The minimum Gasteiger partial charge on any atom is -0.431 e. The summed E-state index contributed by atoms with van der Waals surface area (Å²) in [6.45, 7) is 0.942. The zero-order chi connectivity index (χ0) is 36.7. The van der Waals surface area contributed by atoms with Crippen molar-refractivity contribution in [3.63, 3.8) is 0 Å². The SMILES string of the molecule is NC(=O)O[C@@H](C(=O)N1[C@@H]2CC[C@H](C2)[C@H]1c1nc2ccc(-c3ccc4c(c3)C(F)(F)c3cc(-c5cnc([C@@H]6CCCN6)[nH]5)ccc3-4)cc2[nH]1)c1ccccc1. The number of halogens is 2. The number of aromatic nitrogens is 4. The van der Waals surface area contributed by atoms with Crippen molar-refractivity contribution in [2.75, 3.05) is 6.54 Å². The highest BCUT2D eigenvalue weighted by molar-refractivity contribution is 5.88. The van der Waals surface area contributed by atoms with E-state index in [-0.39, 0.29) is 41.1 Å². The van der Waals surface area contributed by atoms with Gasteiger partial charge in [0.2, 0.25) is 6.10 Å². The van der Waals surface area contributed by atoms with Crippen LogP contribution in [-0.4, -0.2) is 49.4 Å². The standard InChI is InChI=1S/C42H37F2N7O3/c43-42(44)30-18-23(9-13-28(30)29-14-10-25(19-31(29)42)35-21-47-38(50-35)33-7-4-16-46-33)24-11-15-32-34(20-24)49-39(48-32)36-26-8-12-27(17-26)51(36)40(52)37(54-41(45)53)22-5-2-1-3-6-22/h1-3,5-6,9-11,13-15,18-21,26-27,33,36-37,46H,4,7-8,12,16-17H2,(H2,45,53)(H,47,50)(H,48,49)/t26-,27-,33+,36+,37-/m1/s1. The van der Waals surface area contributed by atoms with Crippen molar-refractivity contribution in [3.8, 4) is 33.5 Å². The van der Waals surface area contributed by atoms with Gasteiger partial charge in [-0.25, -0.2) is 14.8 Å². The summed E-state index contributed by atoms with van der Waals surface area (Å²) in [5.74, 6) is -1.86. The van der Waals surface area contributed by atoms with Crippen LogP contribution in [0, 0.1) is 5.92 Å². The van der Waals surface area contributed by atoms with Gasteiger partial charge in [-0.1, -0.05) is 60.7 Å². The van der Waals surface area contributed by atoms with Gasteiger partial charge >= 0.3 is 6.09 Å². The van der Waals surface area contributed by atoms with Crippen LogP contribution >= 0.6 is 0 Å². The average Bonchev–Trinajstić information content (AvgIpc) is 4.05. The number of aromatic amines is 2. The molecular weight excluding hydrogens is 689 g/mol. The molecule has 2 aliphatic heterocycles. The predicted octanol–water partition coefficient (Wildman–Crippen LogP) is 8.05. The van der Waals surface area contributed by atoms with Crippen molar-refractivity contribution in [3.05, 3.63) is 119 Å². The van der Waals surface area contributed by atoms with Crippen LogP contribution in [0.5, 0.6) is 0 Å². The van der Waals surface area contributed by atoms with E-state index in [4.69, 9.17) is 15.5 Å². The van der Waals surface area contributed by atoms with Gasteiger partial charge in [-0.15, -0.1) is 0 Å². The fourth-order valence-corrected chi connectivity index (χ4v) is 9.30. The molecule has 2 aliphatic carbocycles. The van der Waals surface area contributed by atoms with Gasteiger partial charge in [-0.3, -0.25) is 4.79 Å². The maximum Gasteiger partial charge on any atom is 0.405 e. The van der Waals surface area contributed by atoms with Crippen molar-refractivity contribution >= 4 is 23.0 Å². The average molecular weight is 726 g/mol. The lowest BCUT2D eigenvalue weighted by Crippen LogP contribution is -2.44. The number of piperidine rings is 1. The number of hydrogen-bond acceptors (Lipinski definition) is 6. The fourth-order valence-electron chi connectivity index (χ4n) is 9.30. The maximum atomic E-state index is 16.3. The summed E-state index contributed by atoms with van der Waals surface area (Å²) < 4.78 is 38.0. The summed E-state index contributed by atoms with van der Waals surface area (Å²) in [7, 11) is 0. The van der Waals surface area contributed by atoms with Gasteiger partial charge in [0.25, 0.3) is 11.8 Å². The minimum atomic E-state index is -3.19. The number of likely N-dealkylation sites (tertiary alicyclic amines) is 1. The summed E-state index contributed by atoms with van der Waals surface area (Å²) in [4.78, 5) is 44.1. The summed E-state index contributed by atoms with van der Waals surface area (Å²) in [5, 5.41) is 3.42. The molecule has 4 aliphatic rings. The Morgan fingerprint density at radius 3 is 2.37 bits per heavy atom. The molecule has 10 rings (SSSR count). The molecular formula is C42H37F2N7O3. The van der Waals surface area contributed by atoms with Gasteiger partial charge in [-0.05, 0) is 91.1 Å². The number of alkyl halides is 2. The van der Waals surface area contributed by atoms with Crippen molar-refractivity contribution in [2.24, 2.45) is 11.7 Å². The quantitative estimate of drug-likeness (QED) is 0.131. The molecule has 272 valence electrons. The Kier molecular flexibility index (Phi) is 7.48. The molecule has 6 aromatic rings. The van der Waals surface area contributed by atoms with Crippen LogP contribution in [-0.2, 0) is 15.5 Å². The number of carbonyl (C=O) groups is 2. The second-order valence-electron chi connectivity index (χ2n) is 14.9. The van der Waals surface area contributed by atoms with Gasteiger partial charge < -0.3 is 30.7 Å². The van der Waals surface area contributed by atoms with Crippen LogP contribution in [0.2, 0.25) is 0 Å². The first-order chi connectivity index (χ1) is 26.2. The lowest BCUT2D eigenvalue weighted by molar-refractivity contribution is -0.145.